The van der Waals surface area contributed by atoms with E-state index in [9.17, 15) is 19.5 Å². The van der Waals surface area contributed by atoms with Crippen molar-refractivity contribution >= 4 is 29.0 Å². The molecular weight excluding hydrogens is 456 g/mol. The quantitative estimate of drug-likeness (QED) is 0.230. The van der Waals surface area contributed by atoms with Gasteiger partial charge in [-0.05, 0) is 53.9 Å². The van der Waals surface area contributed by atoms with Crippen molar-refractivity contribution in [1.29, 1.82) is 0 Å². The minimum atomic E-state index is -1.39. The van der Waals surface area contributed by atoms with Crippen molar-refractivity contribution in [1.82, 2.24) is 10.2 Å². The molecule has 1 unspecified atom stereocenters. The number of anilines is 2. The number of para-hydroxylation sites is 1. The topological polar surface area (TPSA) is 111 Å². The molecule has 0 aliphatic carbocycles. The van der Waals surface area contributed by atoms with Crippen molar-refractivity contribution in [3.8, 4) is 11.1 Å². The first-order valence-electron chi connectivity index (χ1n) is 11.8. The molecule has 8 nitrogen and oxygen atoms in total. The standard InChI is InChI=1S/C28H32N4O4/c1-29-27(35)26(25(34)19-33)32(2)28(36)22-11-9-20(10-12-22)21-13-15-24(16-14-21)31-18-6-17-30-23-7-4-3-5-8-23/h3-5,7-16,26,30-31,33H,6,17-19H2,1-2H3,(H,29,35). The lowest BCUT2D eigenvalue weighted by atomic mass is 10.0. The molecule has 0 saturated heterocycles. The van der Waals surface area contributed by atoms with Crippen molar-refractivity contribution < 1.29 is 19.5 Å². The van der Waals surface area contributed by atoms with Gasteiger partial charge in [-0.15, -0.1) is 0 Å². The number of rotatable bonds is 12. The fourth-order valence-electron chi connectivity index (χ4n) is 3.78. The number of hydrogen-bond acceptors (Lipinski definition) is 6. The second-order valence-corrected chi connectivity index (χ2v) is 8.29. The summed E-state index contributed by atoms with van der Waals surface area (Å²) in [5.74, 6) is -1.89. The zero-order chi connectivity index (χ0) is 25.9. The van der Waals surface area contributed by atoms with E-state index in [1.807, 2.05) is 66.7 Å². The number of nitrogens with zero attached hydrogens (tertiary/aromatic N) is 1. The van der Waals surface area contributed by atoms with Gasteiger partial charge in [0.05, 0.1) is 0 Å². The third-order valence-corrected chi connectivity index (χ3v) is 5.80. The molecule has 2 amide bonds. The molecule has 3 rings (SSSR count). The van der Waals surface area contributed by atoms with Gasteiger partial charge in [0.25, 0.3) is 5.91 Å². The first-order chi connectivity index (χ1) is 17.4. The van der Waals surface area contributed by atoms with E-state index in [0.717, 1.165) is 46.9 Å². The van der Waals surface area contributed by atoms with Crippen LogP contribution in [0.5, 0.6) is 0 Å². The number of aliphatic hydroxyl groups excluding tert-OH is 1. The number of carbonyl (C=O) groups is 3. The normalized spacial score (nSPS) is 11.3. The molecule has 0 aliphatic rings. The smallest absolute Gasteiger partial charge is 0.254 e. The predicted molar refractivity (Wildman–Crippen MR) is 142 cm³/mol. The molecular formula is C28H32N4O4. The number of Topliss-reactive ketones (excluding diaryl/α,β-unsaturated/α-hetero) is 1. The SMILES string of the molecule is CNC(=O)C(C(=O)CO)N(C)C(=O)c1ccc(-c2ccc(NCCCNc3ccccc3)cc2)cc1. The van der Waals surface area contributed by atoms with Crippen molar-refractivity contribution in [2.75, 3.05) is 44.4 Å². The van der Waals surface area contributed by atoms with Crippen molar-refractivity contribution in [3.63, 3.8) is 0 Å². The summed E-state index contributed by atoms with van der Waals surface area (Å²) in [6.07, 6.45) is 0.977. The molecule has 0 heterocycles. The molecule has 0 spiro atoms. The Morgan fingerprint density at radius 3 is 1.86 bits per heavy atom. The maximum absolute atomic E-state index is 12.8. The summed E-state index contributed by atoms with van der Waals surface area (Å²) >= 11 is 0. The maximum Gasteiger partial charge on any atom is 0.254 e. The molecule has 8 heteroatoms. The van der Waals surface area contributed by atoms with Gasteiger partial charge in [0.1, 0.15) is 6.61 Å². The summed E-state index contributed by atoms with van der Waals surface area (Å²) in [7, 11) is 2.74. The number of hydrogen-bond donors (Lipinski definition) is 4. The van der Waals surface area contributed by atoms with E-state index in [-0.39, 0.29) is 0 Å². The highest BCUT2D eigenvalue weighted by Gasteiger charge is 2.32. The van der Waals surface area contributed by atoms with E-state index < -0.39 is 30.2 Å². The average molecular weight is 489 g/mol. The largest absolute Gasteiger partial charge is 0.388 e. The summed E-state index contributed by atoms with van der Waals surface area (Å²) in [4.78, 5) is 38.0. The van der Waals surface area contributed by atoms with Gasteiger partial charge in [-0.3, -0.25) is 14.4 Å². The molecule has 0 aliphatic heterocycles. The minimum Gasteiger partial charge on any atom is -0.388 e. The van der Waals surface area contributed by atoms with Crippen LogP contribution in [0.1, 0.15) is 16.8 Å². The van der Waals surface area contributed by atoms with Crippen LogP contribution in [0.25, 0.3) is 11.1 Å². The van der Waals surface area contributed by atoms with Crippen LogP contribution in [0.2, 0.25) is 0 Å². The highest BCUT2D eigenvalue weighted by Crippen LogP contribution is 2.22. The maximum atomic E-state index is 12.8. The lowest BCUT2D eigenvalue weighted by Gasteiger charge is -2.25. The highest BCUT2D eigenvalue weighted by atomic mass is 16.3. The first kappa shape index (κ1) is 26.4. The average Bonchev–Trinajstić information content (AvgIpc) is 2.93. The monoisotopic (exact) mass is 488 g/mol. The van der Waals surface area contributed by atoms with E-state index in [4.69, 9.17) is 0 Å². The highest BCUT2D eigenvalue weighted by molar-refractivity contribution is 6.10. The lowest BCUT2D eigenvalue weighted by molar-refractivity contribution is -0.135. The minimum absolute atomic E-state index is 0.336. The van der Waals surface area contributed by atoms with Gasteiger partial charge < -0.3 is 26.0 Å². The van der Waals surface area contributed by atoms with E-state index in [0.29, 0.717) is 5.56 Å². The molecule has 0 fully saturated rings. The molecule has 0 aromatic heterocycles. The summed E-state index contributed by atoms with van der Waals surface area (Å²) in [6, 6.07) is 23.7. The van der Waals surface area contributed by atoms with Crippen LogP contribution >= 0.6 is 0 Å². The van der Waals surface area contributed by atoms with E-state index in [1.165, 1.54) is 14.1 Å². The molecule has 4 N–H and O–H groups in total. The van der Waals surface area contributed by atoms with Gasteiger partial charge in [0, 0.05) is 44.1 Å². The van der Waals surface area contributed by atoms with Crippen LogP contribution < -0.4 is 16.0 Å². The Kier molecular flexibility index (Phi) is 9.59. The molecule has 1 atom stereocenters. The second kappa shape index (κ2) is 13.1. The van der Waals surface area contributed by atoms with Crippen LogP contribution in [-0.2, 0) is 9.59 Å². The predicted octanol–water partition coefficient (Wildman–Crippen LogP) is 3.02. The Balaban J connectivity index is 1.54. The van der Waals surface area contributed by atoms with Crippen LogP contribution in [0, 0.1) is 0 Å². The van der Waals surface area contributed by atoms with Gasteiger partial charge in [0.15, 0.2) is 11.8 Å². The number of nitrogens with one attached hydrogen (secondary N) is 3. The number of likely N-dealkylation sites (N-methyl/N-ethyl adjacent to an activating group) is 2. The Bertz CT molecular complexity index is 1130. The fraction of sp³-hybridized carbons (Fsp3) is 0.250. The fourth-order valence-corrected chi connectivity index (χ4v) is 3.78. The Morgan fingerprint density at radius 1 is 0.806 bits per heavy atom. The van der Waals surface area contributed by atoms with Crippen LogP contribution in [-0.4, -0.2) is 67.4 Å². The van der Waals surface area contributed by atoms with Crippen molar-refractivity contribution in [3.05, 3.63) is 84.4 Å². The van der Waals surface area contributed by atoms with Crippen molar-refractivity contribution in [2.45, 2.75) is 12.5 Å². The molecule has 0 bridgehead atoms. The van der Waals surface area contributed by atoms with Gasteiger partial charge in [0.2, 0.25) is 5.91 Å². The third kappa shape index (κ3) is 6.93. The van der Waals surface area contributed by atoms with Crippen LogP contribution in [0.4, 0.5) is 11.4 Å². The summed E-state index contributed by atoms with van der Waals surface area (Å²) in [5.41, 5.74) is 4.41. The van der Waals surface area contributed by atoms with Crippen LogP contribution in [0.15, 0.2) is 78.9 Å². The molecule has 188 valence electrons. The first-order valence-corrected chi connectivity index (χ1v) is 11.8. The summed E-state index contributed by atoms with van der Waals surface area (Å²) in [5, 5.41) is 18.3. The van der Waals surface area contributed by atoms with Gasteiger partial charge in [-0.25, -0.2) is 0 Å². The Morgan fingerprint density at radius 2 is 1.33 bits per heavy atom. The number of carbonyl (C=O) groups excluding carboxylic acids is 3. The van der Waals surface area contributed by atoms with Crippen molar-refractivity contribution in [2.24, 2.45) is 0 Å². The zero-order valence-electron chi connectivity index (χ0n) is 20.5. The number of aliphatic hydroxyl groups is 1. The zero-order valence-corrected chi connectivity index (χ0v) is 20.5. The second-order valence-electron chi connectivity index (χ2n) is 8.29. The van der Waals surface area contributed by atoms with Gasteiger partial charge in [-0.2, -0.15) is 0 Å². The Hall–Kier alpha value is -4.17. The van der Waals surface area contributed by atoms with Gasteiger partial charge in [-0.1, -0.05) is 42.5 Å². The van der Waals surface area contributed by atoms with E-state index in [2.05, 4.69) is 16.0 Å². The molecule has 0 saturated carbocycles. The van der Waals surface area contributed by atoms with E-state index in [1.54, 1.807) is 12.1 Å². The summed E-state index contributed by atoms with van der Waals surface area (Å²) < 4.78 is 0. The van der Waals surface area contributed by atoms with Crippen LogP contribution in [0.3, 0.4) is 0 Å². The molecule has 0 radical (unpaired) electrons. The van der Waals surface area contributed by atoms with Gasteiger partial charge >= 0.3 is 0 Å². The summed E-state index contributed by atoms with van der Waals surface area (Å²) in [6.45, 7) is 0.900. The lowest BCUT2D eigenvalue weighted by Crippen LogP contribution is -2.52. The number of amides is 2. The number of benzene rings is 3. The molecule has 3 aromatic carbocycles. The number of ketones is 1. The molecule has 3 aromatic rings. The third-order valence-electron chi connectivity index (χ3n) is 5.80. The van der Waals surface area contributed by atoms with E-state index >= 15 is 0 Å². The Labute approximate surface area is 211 Å². The molecule has 36 heavy (non-hydrogen) atoms.